The van der Waals surface area contributed by atoms with Crippen molar-refractivity contribution < 1.29 is 18.3 Å². The van der Waals surface area contributed by atoms with Gasteiger partial charge in [-0.2, -0.15) is 0 Å². The van der Waals surface area contributed by atoms with Crippen LogP contribution in [0.15, 0.2) is 12.1 Å². The third-order valence-electron chi connectivity index (χ3n) is 3.32. The topological polar surface area (TPSA) is 44.5 Å². The summed E-state index contributed by atoms with van der Waals surface area (Å²) < 4.78 is 37.4. The molecular formula is C13H17F2NO2. The van der Waals surface area contributed by atoms with Crippen LogP contribution in [0.3, 0.4) is 0 Å². The van der Waals surface area contributed by atoms with Gasteiger partial charge in [-0.1, -0.05) is 0 Å². The monoisotopic (exact) mass is 257 g/mol. The van der Waals surface area contributed by atoms with E-state index in [1.807, 2.05) is 0 Å². The highest BCUT2D eigenvalue weighted by atomic mass is 19.3. The molecule has 5 heteroatoms. The number of halogens is 2. The Morgan fingerprint density at radius 1 is 1.22 bits per heavy atom. The number of rotatable bonds is 4. The summed E-state index contributed by atoms with van der Waals surface area (Å²) in [5, 5.41) is 0. The van der Waals surface area contributed by atoms with Gasteiger partial charge in [-0.05, 0) is 30.5 Å². The van der Waals surface area contributed by atoms with Gasteiger partial charge in [0.1, 0.15) is 0 Å². The van der Waals surface area contributed by atoms with Crippen molar-refractivity contribution in [1.29, 1.82) is 0 Å². The average Bonchev–Trinajstić information content (AvgIpc) is 3.05. The van der Waals surface area contributed by atoms with Crippen LogP contribution in [0.2, 0.25) is 0 Å². The third-order valence-corrected chi connectivity index (χ3v) is 3.32. The van der Waals surface area contributed by atoms with Gasteiger partial charge >= 0.3 is 0 Å². The van der Waals surface area contributed by atoms with Crippen LogP contribution < -0.4 is 15.2 Å². The van der Waals surface area contributed by atoms with Crippen LogP contribution in [0.4, 0.5) is 8.78 Å². The lowest BCUT2D eigenvalue weighted by atomic mass is 9.98. The van der Waals surface area contributed by atoms with E-state index in [0.29, 0.717) is 11.3 Å². The van der Waals surface area contributed by atoms with Gasteiger partial charge in [0.2, 0.25) is 0 Å². The zero-order valence-electron chi connectivity index (χ0n) is 10.7. The van der Waals surface area contributed by atoms with E-state index in [1.165, 1.54) is 20.3 Å². The molecule has 1 aliphatic carbocycles. The lowest BCUT2D eigenvalue weighted by Gasteiger charge is -2.21. The van der Waals surface area contributed by atoms with Gasteiger partial charge in [-0.25, -0.2) is 8.78 Å². The summed E-state index contributed by atoms with van der Waals surface area (Å²) in [6.45, 7) is 0.837. The van der Waals surface area contributed by atoms with Gasteiger partial charge in [0, 0.05) is 12.5 Å². The van der Waals surface area contributed by atoms with Gasteiger partial charge < -0.3 is 15.2 Å². The van der Waals surface area contributed by atoms with Crippen molar-refractivity contribution in [2.75, 3.05) is 14.2 Å². The van der Waals surface area contributed by atoms with Crippen molar-refractivity contribution >= 4 is 0 Å². The Labute approximate surface area is 105 Å². The van der Waals surface area contributed by atoms with Crippen molar-refractivity contribution in [2.24, 2.45) is 5.73 Å². The van der Waals surface area contributed by atoms with E-state index < -0.39 is 11.5 Å². The summed E-state index contributed by atoms with van der Waals surface area (Å²) in [6, 6.07) is 3.11. The first kappa shape index (κ1) is 13.1. The largest absolute Gasteiger partial charge is 0.493 e. The molecule has 100 valence electrons. The van der Waals surface area contributed by atoms with Crippen molar-refractivity contribution in [2.45, 2.75) is 31.2 Å². The molecule has 2 rings (SSSR count). The maximum absolute atomic E-state index is 13.6. The molecule has 0 aromatic heterocycles. The normalized spacial score (nSPS) is 17.4. The molecule has 1 aliphatic rings. The molecular weight excluding hydrogens is 240 g/mol. The number of alkyl halides is 2. The lowest BCUT2D eigenvalue weighted by Crippen LogP contribution is -2.20. The number of methoxy groups -OCH3 is 2. The molecule has 0 heterocycles. The van der Waals surface area contributed by atoms with Crippen LogP contribution in [0, 0.1) is 0 Å². The van der Waals surface area contributed by atoms with E-state index in [0.717, 1.165) is 19.8 Å². The second-order valence-electron chi connectivity index (χ2n) is 4.80. The molecule has 2 N–H and O–H groups in total. The Kier molecular flexibility index (Phi) is 2.97. The van der Waals surface area contributed by atoms with Crippen LogP contribution in [0.5, 0.6) is 11.5 Å². The smallest absolute Gasteiger partial charge is 0.274 e. The van der Waals surface area contributed by atoms with E-state index in [2.05, 4.69) is 0 Å². The molecule has 0 spiro atoms. The summed E-state index contributed by atoms with van der Waals surface area (Å²) in [5.74, 6) is -2.64. The van der Waals surface area contributed by atoms with Crippen molar-refractivity contribution in [3.05, 3.63) is 23.3 Å². The van der Waals surface area contributed by atoms with Gasteiger partial charge in [0.15, 0.2) is 11.5 Å². The number of hydrogen-bond acceptors (Lipinski definition) is 3. The van der Waals surface area contributed by atoms with Crippen LogP contribution >= 0.6 is 0 Å². The highest BCUT2D eigenvalue weighted by molar-refractivity contribution is 5.53. The molecule has 0 aliphatic heterocycles. The minimum atomic E-state index is -3.00. The van der Waals surface area contributed by atoms with Gasteiger partial charge in [0.25, 0.3) is 5.92 Å². The summed E-state index contributed by atoms with van der Waals surface area (Å²) in [7, 11) is 2.78. The molecule has 18 heavy (non-hydrogen) atoms. The van der Waals surface area contributed by atoms with Crippen LogP contribution in [0.1, 0.15) is 30.9 Å². The van der Waals surface area contributed by atoms with Crippen LogP contribution in [0.25, 0.3) is 0 Å². The minimum Gasteiger partial charge on any atom is -0.493 e. The number of hydrogen-bond donors (Lipinski definition) is 1. The zero-order chi connectivity index (χ0) is 13.6. The predicted molar refractivity (Wildman–Crippen MR) is 64.2 cm³/mol. The number of nitrogens with two attached hydrogens (primary N) is 1. The van der Waals surface area contributed by atoms with E-state index in [4.69, 9.17) is 15.2 Å². The molecule has 0 unspecified atom stereocenters. The Balaban J connectivity index is 2.61. The molecule has 0 atom stereocenters. The van der Waals surface area contributed by atoms with Crippen molar-refractivity contribution in [1.82, 2.24) is 0 Å². The van der Waals surface area contributed by atoms with Gasteiger partial charge in [-0.15, -0.1) is 0 Å². The standard InChI is InChI=1S/C13H17F2NO2/c1-12(14,15)9-6-8(13(16)4-5-13)7-10(17-2)11(9)18-3/h6-7H,4-5,16H2,1-3H3. The molecule has 0 radical (unpaired) electrons. The van der Waals surface area contributed by atoms with E-state index in [1.54, 1.807) is 6.07 Å². The SMILES string of the molecule is COc1cc(C2(N)CC2)cc(C(C)(F)F)c1OC. The number of benzene rings is 1. The maximum atomic E-state index is 13.6. The van der Waals surface area contributed by atoms with E-state index in [9.17, 15) is 8.78 Å². The van der Waals surface area contributed by atoms with Crippen molar-refractivity contribution in [3.63, 3.8) is 0 Å². The molecule has 1 aromatic rings. The van der Waals surface area contributed by atoms with E-state index >= 15 is 0 Å². The Hall–Kier alpha value is -1.36. The predicted octanol–water partition coefficient (Wildman–Crippen LogP) is 2.76. The summed E-state index contributed by atoms with van der Waals surface area (Å²) in [4.78, 5) is 0. The second-order valence-corrected chi connectivity index (χ2v) is 4.80. The van der Waals surface area contributed by atoms with Crippen LogP contribution in [-0.2, 0) is 11.5 Å². The maximum Gasteiger partial charge on any atom is 0.274 e. The number of ether oxygens (including phenoxy) is 2. The Morgan fingerprint density at radius 2 is 1.83 bits per heavy atom. The lowest BCUT2D eigenvalue weighted by molar-refractivity contribution is 0.0146. The quantitative estimate of drug-likeness (QED) is 0.902. The van der Waals surface area contributed by atoms with Crippen molar-refractivity contribution in [3.8, 4) is 11.5 Å². The third kappa shape index (κ3) is 2.14. The molecule has 1 fully saturated rings. The van der Waals surface area contributed by atoms with Gasteiger partial charge in [-0.3, -0.25) is 0 Å². The molecule has 0 amide bonds. The van der Waals surface area contributed by atoms with Crippen LogP contribution in [-0.4, -0.2) is 14.2 Å². The first-order valence-corrected chi connectivity index (χ1v) is 5.75. The minimum absolute atomic E-state index is 0.0676. The summed E-state index contributed by atoms with van der Waals surface area (Å²) in [6.07, 6.45) is 1.61. The second kappa shape index (κ2) is 4.09. The van der Waals surface area contributed by atoms with Gasteiger partial charge in [0.05, 0.1) is 19.8 Å². The highest BCUT2D eigenvalue weighted by Crippen LogP contribution is 2.48. The first-order valence-electron chi connectivity index (χ1n) is 5.75. The molecule has 3 nitrogen and oxygen atoms in total. The average molecular weight is 257 g/mol. The summed E-state index contributed by atoms with van der Waals surface area (Å²) >= 11 is 0. The molecule has 0 bridgehead atoms. The molecule has 0 saturated heterocycles. The Morgan fingerprint density at radius 3 is 2.22 bits per heavy atom. The molecule has 1 saturated carbocycles. The Bertz CT molecular complexity index is 465. The fraction of sp³-hybridized carbons (Fsp3) is 0.538. The summed E-state index contributed by atoms with van der Waals surface area (Å²) in [5.41, 5.74) is 6.06. The fourth-order valence-corrected chi connectivity index (χ4v) is 2.00. The first-order chi connectivity index (χ1) is 8.31. The molecule has 1 aromatic carbocycles. The zero-order valence-corrected chi connectivity index (χ0v) is 10.7. The van der Waals surface area contributed by atoms with E-state index in [-0.39, 0.29) is 11.3 Å². The highest BCUT2D eigenvalue weighted by Gasteiger charge is 2.42. The fourth-order valence-electron chi connectivity index (χ4n) is 2.00.